The minimum atomic E-state index is -0.161. The van der Waals surface area contributed by atoms with E-state index in [0.717, 1.165) is 25.2 Å². The van der Waals surface area contributed by atoms with E-state index >= 15 is 0 Å². The van der Waals surface area contributed by atoms with Gasteiger partial charge in [0.1, 0.15) is 5.82 Å². The van der Waals surface area contributed by atoms with Gasteiger partial charge in [-0.1, -0.05) is 30.3 Å². The molecule has 1 fully saturated rings. The Labute approximate surface area is 120 Å². The van der Waals surface area contributed by atoms with E-state index in [1.807, 2.05) is 12.1 Å². The molecule has 2 heteroatoms. The van der Waals surface area contributed by atoms with E-state index in [2.05, 4.69) is 35.2 Å². The third-order valence-electron chi connectivity index (χ3n) is 4.08. The Balaban J connectivity index is 1.66. The lowest BCUT2D eigenvalue weighted by Crippen LogP contribution is -2.36. The van der Waals surface area contributed by atoms with Gasteiger partial charge in [-0.3, -0.25) is 0 Å². The van der Waals surface area contributed by atoms with Gasteiger partial charge in [0, 0.05) is 18.8 Å². The van der Waals surface area contributed by atoms with Crippen LogP contribution in [0.1, 0.15) is 18.4 Å². The first-order chi connectivity index (χ1) is 9.81. The highest BCUT2D eigenvalue weighted by Crippen LogP contribution is 2.25. The van der Waals surface area contributed by atoms with Crippen LogP contribution in [-0.4, -0.2) is 13.1 Å². The van der Waals surface area contributed by atoms with Gasteiger partial charge >= 0.3 is 0 Å². The highest BCUT2D eigenvalue weighted by atomic mass is 19.1. The minimum Gasteiger partial charge on any atom is -0.371 e. The molecule has 0 saturated carbocycles. The maximum Gasteiger partial charge on any atom is 0.123 e. The number of benzene rings is 2. The second kappa shape index (κ2) is 6.08. The summed E-state index contributed by atoms with van der Waals surface area (Å²) < 4.78 is 13.0. The molecule has 0 amide bonds. The van der Waals surface area contributed by atoms with E-state index in [0.29, 0.717) is 5.92 Å². The molecule has 1 heterocycles. The first kappa shape index (κ1) is 13.2. The lowest BCUT2D eigenvalue weighted by Gasteiger charge is -2.34. The fourth-order valence-electron chi connectivity index (χ4n) is 3.07. The zero-order valence-corrected chi connectivity index (χ0v) is 11.6. The molecule has 1 aliphatic heterocycles. The van der Waals surface area contributed by atoms with Gasteiger partial charge in [-0.25, -0.2) is 4.39 Å². The topological polar surface area (TPSA) is 3.24 Å². The van der Waals surface area contributed by atoms with E-state index < -0.39 is 0 Å². The van der Waals surface area contributed by atoms with Gasteiger partial charge in [-0.05, 0) is 55.0 Å². The van der Waals surface area contributed by atoms with Crippen LogP contribution in [0.25, 0.3) is 0 Å². The Kier molecular flexibility index (Phi) is 4.00. The maximum absolute atomic E-state index is 13.0. The summed E-state index contributed by atoms with van der Waals surface area (Å²) in [5.74, 6) is 0.530. The minimum absolute atomic E-state index is 0.161. The lowest BCUT2D eigenvalue weighted by atomic mass is 9.91. The number of nitrogens with zero attached hydrogens (tertiary/aromatic N) is 1. The van der Waals surface area contributed by atoms with Gasteiger partial charge in [0.25, 0.3) is 0 Å². The molecular weight excluding hydrogens is 249 g/mol. The number of hydrogen-bond donors (Lipinski definition) is 0. The SMILES string of the molecule is Fc1ccc(N2CCCC(Cc3ccccc3)C2)cc1. The van der Waals surface area contributed by atoms with Crippen molar-refractivity contribution in [1.82, 2.24) is 0 Å². The average molecular weight is 269 g/mol. The van der Waals surface area contributed by atoms with Crippen molar-refractivity contribution in [1.29, 1.82) is 0 Å². The average Bonchev–Trinajstić information content (AvgIpc) is 2.49. The van der Waals surface area contributed by atoms with Gasteiger partial charge in [-0.2, -0.15) is 0 Å². The number of rotatable bonds is 3. The molecule has 2 aromatic carbocycles. The molecule has 1 atom stereocenters. The van der Waals surface area contributed by atoms with Gasteiger partial charge < -0.3 is 4.90 Å². The Morgan fingerprint density at radius 2 is 1.75 bits per heavy atom. The third kappa shape index (κ3) is 3.19. The van der Waals surface area contributed by atoms with Crippen molar-refractivity contribution in [2.45, 2.75) is 19.3 Å². The Morgan fingerprint density at radius 1 is 1.00 bits per heavy atom. The number of hydrogen-bond acceptors (Lipinski definition) is 1. The summed E-state index contributed by atoms with van der Waals surface area (Å²) in [6.45, 7) is 2.15. The van der Waals surface area contributed by atoms with E-state index in [1.54, 1.807) is 12.1 Å². The Hall–Kier alpha value is -1.83. The number of anilines is 1. The van der Waals surface area contributed by atoms with Gasteiger partial charge in [0.05, 0.1) is 0 Å². The van der Waals surface area contributed by atoms with Crippen molar-refractivity contribution in [2.24, 2.45) is 5.92 Å². The van der Waals surface area contributed by atoms with Crippen LogP contribution in [0, 0.1) is 11.7 Å². The predicted molar refractivity (Wildman–Crippen MR) is 81.5 cm³/mol. The zero-order chi connectivity index (χ0) is 13.8. The van der Waals surface area contributed by atoms with Crippen molar-refractivity contribution in [3.63, 3.8) is 0 Å². The zero-order valence-electron chi connectivity index (χ0n) is 11.6. The molecule has 104 valence electrons. The van der Waals surface area contributed by atoms with Crippen LogP contribution >= 0.6 is 0 Å². The number of piperidine rings is 1. The van der Waals surface area contributed by atoms with Crippen LogP contribution in [0.2, 0.25) is 0 Å². The van der Waals surface area contributed by atoms with Crippen molar-refractivity contribution < 1.29 is 4.39 Å². The van der Waals surface area contributed by atoms with E-state index in [4.69, 9.17) is 0 Å². The maximum atomic E-state index is 13.0. The Morgan fingerprint density at radius 3 is 2.50 bits per heavy atom. The summed E-state index contributed by atoms with van der Waals surface area (Å²) in [5, 5.41) is 0. The van der Waals surface area contributed by atoms with E-state index in [1.165, 1.54) is 18.4 Å². The number of halogens is 1. The fraction of sp³-hybridized carbons (Fsp3) is 0.333. The van der Waals surface area contributed by atoms with Crippen molar-refractivity contribution in [3.05, 3.63) is 66.0 Å². The van der Waals surface area contributed by atoms with Crippen LogP contribution in [0.3, 0.4) is 0 Å². The molecule has 1 unspecified atom stereocenters. The molecule has 1 aliphatic rings. The monoisotopic (exact) mass is 269 g/mol. The summed E-state index contributed by atoms with van der Waals surface area (Å²) in [6, 6.07) is 17.6. The summed E-state index contributed by atoms with van der Waals surface area (Å²) in [6.07, 6.45) is 3.64. The predicted octanol–water partition coefficient (Wildman–Crippen LogP) is 4.28. The van der Waals surface area contributed by atoms with Crippen LogP contribution < -0.4 is 4.90 Å². The van der Waals surface area contributed by atoms with Crippen molar-refractivity contribution in [2.75, 3.05) is 18.0 Å². The van der Waals surface area contributed by atoms with Gasteiger partial charge in [-0.15, -0.1) is 0 Å². The quantitative estimate of drug-likeness (QED) is 0.803. The molecule has 0 spiro atoms. The summed E-state index contributed by atoms with van der Waals surface area (Å²) >= 11 is 0. The van der Waals surface area contributed by atoms with Crippen LogP contribution in [0.5, 0.6) is 0 Å². The summed E-state index contributed by atoms with van der Waals surface area (Å²) in [4.78, 5) is 2.39. The third-order valence-corrected chi connectivity index (χ3v) is 4.08. The van der Waals surface area contributed by atoms with Crippen molar-refractivity contribution >= 4 is 5.69 Å². The van der Waals surface area contributed by atoms with E-state index in [-0.39, 0.29) is 5.82 Å². The molecule has 1 saturated heterocycles. The summed E-state index contributed by atoms with van der Waals surface area (Å²) in [5.41, 5.74) is 2.56. The fourth-order valence-corrected chi connectivity index (χ4v) is 3.07. The first-order valence-electron chi connectivity index (χ1n) is 7.36. The summed E-state index contributed by atoms with van der Waals surface area (Å²) in [7, 11) is 0. The largest absolute Gasteiger partial charge is 0.371 e. The van der Waals surface area contributed by atoms with Gasteiger partial charge in [0.15, 0.2) is 0 Å². The van der Waals surface area contributed by atoms with Gasteiger partial charge in [0.2, 0.25) is 0 Å². The smallest absolute Gasteiger partial charge is 0.123 e. The van der Waals surface area contributed by atoms with Crippen molar-refractivity contribution in [3.8, 4) is 0 Å². The first-order valence-corrected chi connectivity index (χ1v) is 7.36. The van der Waals surface area contributed by atoms with Crippen LogP contribution in [-0.2, 0) is 6.42 Å². The highest BCUT2D eigenvalue weighted by molar-refractivity contribution is 5.46. The molecule has 3 rings (SSSR count). The lowest BCUT2D eigenvalue weighted by molar-refractivity contribution is 0.413. The Bertz CT molecular complexity index is 535. The highest BCUT2D eigenvalue weighted by Gasteiger charge is 2.20. The molecule has 20 heavy (non-hydrogen) atoms. The molecular formula is C18H20FN. The molecule has 0 N–H and O–H groups in total. The molecule has 0 aliphatic carbocycles. The van der Waals surface area contributed by atoms with E-state index in [9.17, 15) is 4.39 Å². The van der Waals surface area contributed by atoms with Crippen LogP contribution in [0.4, 0.5) is 10.1 Å². The second-order valence-electron chi connectivity index (χ2n) is 5.62. The normalized spacial score (nSPS) is 19.1. The molecule has 1 nitrogen and oxygen atoms in total. The molecule has 0 bridgehead atoms. The standard InChI is InChI=1S/C18H20FN/c19-17-8-10-18(11-9-17)20-12-4-7-16(14-20)13-15-5-2-1-3-6-15/h1-3,5-6,8-11,16H,4,7,12-14H2. The second-order valence-corrected chi connectivity index (χ2v) is 5.62. The molecule has 2 aromatic rings. The van der Waals surface area contributed by atoms with Crippen LogP contribution in [0.15, 0.2) is 54.6 Å². The molecule has 0 radical (unpaired) electrons. The molecule has 0 aromatic heterocycles.